The zero-order valence-electron chi connectivity index (χ0n) is 13.6. The lowest BCUT2D eigenvalue weighted by Gasteiger charge is -2.33. The molecule has 1 atom stereocenters. The van der Waals surface area contributed by atoms with E-state index in [1.807, 2.05) is 47.0 Å². The molecule has 4 heteroatoms. The highest BCUT2D eigenvalue weighted by molar-refractivity contribution is 8.00. The number of carbonyl (C=O) groups excluding carboxylic acids is 1. The number of urea groups is 1. The third-order valence-electron chi connectivity index (χ3n) is 4.15. The minimum Gasteiger partial charge on any atom is -0.308 e. The van der Waals surface area contributed by atoms with Gasteiger partial charge in [0.15, 0.2) is 0 Å². The second kappa shape index (κ2) is 7.09. The largest absolute Gasteiger partial charge is 0.326 e. The van der Waals surface area contributed by atoms with E-state index >= 15 is 0 Å². The van der Waals surface area contributed by atoms with Crippen LogP contribution in [0.3, 0.4) is 0 Å². The Kier molecular flexibility index (Phi) is 4.91. The summed E-state index contributed by atoms with van der Waals surface area (Å²) >= 11 is 1.87. The molecule has 0 bridgehead atoms. The molecule has 120 valence electrons. The first-order chi connectivity index (χ1) is 11.2. The van der Waals surface area contributed by atoms with Gasteiger partial charge in [0.2, 0.25) is 0 Å². The van der Waals surface area contributed by atoms with Crippen LogP contribution < -0.4 is 10.2 Å². The van der Waals surface area contributed by atoms with E-state index in [1.165, 1.54) is 10.5 Å². The normalized spacial score (nSPS) is 16.8. The van der Waals surface area contributed by atoms with Gasteiger partial charge < -0.3 is 5.32 Å². The standard InChI is InChI=1S/C19H22N2OS/c1-3-14-9-11-15(12-10-14)20-19(22)21-13-16(4-2)23-18-8-6-5-7-17(18)21/h5-12,16H,3-4,13H2,1-2H3,(H,20,22)/t16-/m0/s1. The molecule has 2 aromatic carbocycles. The molecule has 3 nitrogen and oxygen atoms in total. The van der Waals surface area contributed by atoms with Gasteiger partial charge in [-0.05, 0) is 42.7 Å². The van der Waals surface area contributed by atoms with Gasteiger partial charge in [0.25, 0.3) is 0 Å². The predicted octanol–water partition coefficient (Wildman–Crippen LogP) is 5.17. The van der Waals surface area contributed by atoms with Crippen molar-refractivity contribution in [3.63, 3.8) is 0 Å². The number of para-hydroxylation sites is 1. The topological polar surface area (TPSA) is 32.3 Å². The summed E-state index contributed by atoms with van der Waals surface area (Å²) < 4.78 is 0. The molecule has 2 aromatic rings. The van der Waals surface area contributed by atoms with Crippen molar-refractivity contribution in [1.29, 1.82) is 0 Å². The smallest absolute Gasteiger partial charge is 0.308 e. The first-order valence-electron chi connectivity index (χ1n) is 8.14. The molecule has 0 aliphatic carbocycles. The second-order valence-electron chi connectivity index (χ2n) is 5.71. The van der Waals surface area contributed by atoms with Gasteiger partial charge in [-0.3, -0.25) is 4.90 Å². The number of fused-ring (bicyclic) bond motifs is 1. The number of carbonyl (C=O) groups is 1. The average molecular weight is 326 g/mol. The lowest BCUT2D eigenvalue weighted by Crippen LogP contribution is -2.41. The molecule has 1 N–H and O–H groups in total. The molecule has 0 aromatic heterocycles. The number of rotatable bonds is 3. The van der Waals surface area contributed by atoms with Gasteiger partial charge in [-0.2, -0.15) is 0 Å². The first-order valence-corrected chi connectivity index (χ1v) is 9.02. The minimum absolute atomic E-state index is 0.0551. The molecule has 0 spiro atoms. The van der Waals surface area contributed by atoms with E-state index in [9.17, 15) is 4.79 Å². The summed E-state index contributed by atoms with van der Waals surface area (Å²) in [5.41, 5.74) is 3.12. The third-order valence-corrected chi connectivity index (χ3v) is 5.56. The Morgan fingerprint density at radius 3 is 2.61 bits per heavy atom. The molecule has 0 saturated carbocycles. The molecule has 1 aliphatic rings. The van der Waals surface area contributed by atoms with Crippen LogP contribution in [0.5, 0.6) is 0 Å². The van der Waals surface area contributed by atoms with Gasteiger partial charge >= 0.3 is 6.03 Å². The Labute approximate surface area is 142 Å². The highest BCUT2D eigenvalue weighted by atomic mass is 32.2. The van der Waals surface area contributed by atoms with E-state index in [4.69, 9.17) is 0 Å². The molecule has 3 rings (SSSR count). The molecule has 0 unspecified atom stereocenters. The zero-order valence-corrected chi connectivity index (χ0v) is 14.4. The molecule has 1 aliphatic heterocycles. The molecule has 0 fully saturated rings. The molecule has 0 saturated heterocycles. The Bertz CT molecular complexity index is 684. The van der Waals surface area contributed by atoms with Crippen LogP contribution in [-0.4, -0.2) is 17.8 Å². The van der Waals surface area contributed by atoms with Crippen molar-refractivity contribution in [3.05, 3.63) is 54.1 Å². The third kappa shape index (κ3) is 3.53. The van der Waals surface area contributed by atoms with Crippen LogP contribution in [0.15, 0.2) is 53.4 Å². The van der Waals surface area contributed by atoms with Crippen molar-refractivity contribution >= 4 is 29.2 Å². The fraction of sp³-hybridized carbons (Fsp3) is 0.316. The predicted molar refractivity (Wildman–Crippen MR) is 98.6 cm³/mol. The number of amides is 2. The molecule has 1 heterocycles. The number of benzene rings is 2. The van der Waals surface area contributed by atoms with E-state index in [0.717, 1.165) is 30.8 Å². The number of thioether (sulfide) groups is 1. The van der Waals surface area contributed by atoms with Crippen LogP contribution in [0.2, 0.25) is 0 Å². The number of hydrogen-bond acceptors (Lipinski definition) is 2. The van der Waals surface area contributed by atoms with Crippen molar-refractivity contribution in [2.75, 3.05) is 16.8 Å². The van der Waals surface area contributed by atoms with Gasteiger partial charge in [-0.25, -0.2) is 4.79 Å². The molecule has 0 radical (unpaired) electrons. The monoisotopic (exact) mass is 326 g/mol. The first kappa shape index (κ1) is 15.9. The van der Waals surface area contributed by atoms with Crippen molar-refractivity contribution in [2.45, 2.75) is 36.8 Å². The fourth-order valence-electron chi connectivity index (χ4n) is 2.72. The summed E-state index contributed by atoms with van der Waals surface area (Å²) in [7, 11) is 0. The van der Waals surface area contributed by atoms with Gasteiger partial charge in [0.1, 0.15) is 0 Å². The van der Waals surface area contributed by atoms with Crippen LogP contribution in [0.25, 0.3) is 0 Å². The Balaban J connectivity index is 1.80. The van der Waals surface area contributed by atoms with E-state index in [-0.39, 0.29) is 6.03 Å². The van der Waals surface area contributed by atoms with Crippen LogP contribution in [0.4, 0.5) is 16.2 Å². The maximum atomic E-state index is 12.8. The van der Waals surface area contributed by atoms with Crippen LogP contribution in [0.1, 0.15) is 25.8 Å². The number of nitrogens with one attached hydrogen (secondary N) is 1. The van der Waals surface area contributed by atoms with Gasteiger partial charge in [-0.1, -0.05) is 38.1 Å². The highest BCUT2D eigenvalue weighted by Crippen LogP contribution is 2.39. The van der Waals surface area contributed by atoms with Gasteiger partial charge in [0, 0.05) is 22.4 Å². The van der Waals surface area contributed by atoms with Crippen molar-refractivity contribution in [1.82, 2.24) is 0 Å². The summed E-state index contributed by atoms with van der Waals surface area (Å²) in [5.74, 6) is 0. The highest BCUT2D eigenvalue weighted by Gasteiger charge is 2.28. The second-order valence-corrected chi connectivity index (χ2v) is 7.05. The Morgan fingerprint density at radius 2 is 1.91 bits per heavy atom. The summed E-state index contributed by atoms with van der Waals surface area (Å²) in [6.45, 7) is 5.04. The molecular formula is C19H22N2OS. The van der Waals surface area contributed by atoms with Crippen LogP contribution in [-0.2, 0) is 6.42 Å². The SMILES string of the molecule is CCc1ccc(NC(=O)N2C[C@H](CC)Sc3ccccc32)cc1. The van der Waals surface area contributed by atoms with E-state index in [0.29, 0.717) is 5.25 Å². The zero-order chi connectivity index (χ0) is 16.2. The number of anilines is 2. The average Bonchev–Trinajstić information content (AvgIpc) is 2.61. The summed E-state index contributed by atoms with van der Waals surface area (Å²) in [4.78, 5) is 15.8. The maximum Gasteiger partial charge on any atom is 0.326 e. The maximum absolute atomic E-state index is 12.8. The van der Waals surface area contributed by atoms with Gasteiger partial charge in [-0.15, -0.1) is 11.8 Å². The molecule has 2 amide bonds. The molecular weight excluding hydrogens is 304 g/mol. The molecule has 23 heavy (non-hydrogen) atoms. The lowest BCUT2D eigenvalue weighted by atomic mass is 10.1. The summed E-state index contributed by atoms with van der Waals surface area (Å²) in [6.07, 6.45) is 2.05. The Hall–Kier alpha value is -1.94. The van der Waals surface area contributed by atoms with Crippen LogP contribution in [0, 0.1) is 0 Å². The number of hydrogen-bond donors (Lipinski definition) is 1. The summed E-state index contributed by atoms with van der Waals surface area (Å²) in [5, 5.41) is 3.47. The van der Waals surface area contributed by atoms with Gasteiger partial charge in [0.05, 0.1) is 5.69 Å². The quantitative estimate of drug-likeness (QED) is 0.843. The van der Waals surface area contributed by atoms with Crippen LogP contribution >= 0.6 is 11.8 Å². The van der Waals surface area contributed by atoms with E-state index in [2.05, 4.69) is 37.4 Å². The summed E-state index contributed by atoms with van der Waals surface area (Å²) in [6, 6.07) is 16.1. The fourth-order valence-corrected chi connectivity index (χ4v) is 3.92. The van der Waals surface area contributed by atoms with Crippen molar-refractivity contribution < 1.29 is 4.79 Å². The van der Waals surface area contributed by atoms with Crippen molar-refractivity contribution in [2.24, 2.45) is 0 Å². The lowest BCUT2D eigenvalue weighted by molar-refractivity contribution is 0.256. The Morgan fingerprint density at radius 1 is 1.17 bits per heavy atom. The van der Waals surface area contributed by atoms with E-state index in [1.54, 1.807) is 0 Å². The number of nitrogens with zero attached hydrogens (tertiary/aromatic N) is 1. The van der Waals surface area contributed by atoms with E-state index < -0.39 is 0 Å². The minimum atomic E-state index is -0.0551. The number of aryl methyl sites for hydroxylation is 1. The van der Waals surface area contributed by atoms with Crippen molar-refractivity contribution in [3.8, 4) is 0 Å².